The normalized spacial score (nSPS) is 17.6. The summed E-state index contributed by atoms with van der Waals surface area (Å²) in [7, 11) is -0.386. The molecule has 1 aliphatic heterocycles. The van der Waals surface area contributed by atoms with Gasteiger partial charge in [-0.25, -0.2) is 0 Å². The Morgan fingerprint density at radius 2 is 1.34 bits per heavy atom. The van der Waals surface area contributed by atoms with Crippen LogP contribution in [0.25, 0.3) is 38.3 Å². The van der Waals surface area contributed by atoms with Gasteiger partial charge in [0.25, 0.3) is 0 Å². The Morgan fingerprint density at radius 3 is 2.09 bits per heavy atom. The fourth-order valence-electron chi connectivity index (χ4n) is 4.79. The molecule has 0 aliphatic carbocycles. The fourth-order valence-corrected chi connectivity index (χ4v) is 4.79. The van der Waals surface area contributed by atoms with Gasteiger partial charge in [-0.1, -0.05) is 60.7 Å². The first-order chi connectivity index (χ1) is 15.4. The standard InChI is InChI=1S/C28H26BNO2/c1-27(2)28(3,4)32-29(31-27)20-15-16-23-25(18-20)30(21-11-6-5-7-12-21)24-17-14-19-10-8-9-13-22(19)26(23)24/h5-18H,1-4H3. The first kappa shape index (κ1) is 19.6. The van der Waals surface area contributed by atoms with Gasteiger partial charge in [-0.2, -0.15) is 0 Å². The topological polar surface area (TPSA) is 23.4 Å². The predicted molar refractivity (Wildman–Crippen MR) is 134 cm³/mol. The van der Waals surface area contributed by atoms with Gasteiger partial charge in [-0.05, 0) is 68.2 Å². The second kappa shape index (κ2) is 6.71. The van der Waals surface area contributed by atoms with E-state index in [0.29, 0.717) is 0 Å². The molecule has 0 radical (unpaired) electrons. The zero-order valence-electron chi connectivity index (χ0n) is 18.9. The second-order valence-electron chi connectivity index (χ2n) is 9.72. The predicted octanol–water partition coefficient (Wildman–Crippen LogP) is 6.24. The Morgan fingerprint density at radius 1 is 0.656 bits per heavy atom. The van der Waals surface area contributed by atoms with Crippen LogP contribution in [0.2, 0.25) is 0 Å². The SMILES string of the molecule is CC1(C)OB(c2ccc3c4c5ccccc5ccc4n(-c4ccccc4)c3c2)OC1(C)C. The summed E-state index contributed by atoms with van der Waals surface area (Å²) in [5, 5.41) is 5.04. The third-order valence-electron chi connectivity index (χ3n) is 7.22. The van der Waals surface area contributed by atoms with Crippen LogP contribution in [0.5, 0.6) is 0 Å². The molecule has 3 nitrogen and oxygen atoms in total. The van der Waals surface area contributed by atoms with E-state index in [0.717, 1.165) is 16.7 Å². The lowest BCUT2D eigenvalue weighted by atomic mass is 9.78. The van der Waals surface area contributed by atoms with Crippen molar-refractivity contribution >= 4 is 45.2 Å². The number of para-hydroxylation sites is 1. The Hall–Kier alpha value is -3.08. The molecule has 6 rings (SSSR count). The van der Waals surface area contributed by atoms with E-state index < -0.39 is 0 Å². The fraction of sp³-hybridized carbons (Fsp3) is 0.214. The average molecular weight is 419 g/mol. The number of benzene rings is 4. The molecular weight excluding hydrogens is 393 g/mol. The van der Waals surface area contributed by atoms with Crippen molar-refractivity contribution in [1.29, 1.82) is 0 Å². The summed E-state index contributed by atoms with van der Waals surface area (Å²) in [6.45, 7) is 8.38. The molecule has 0 amide bonds. The Bertz CT molecular complexity index is 1470. The molecule has 2 heterocycles. The number of hydrogen-bond acceptors (Lipinski definition) is 2. The number of fused-ring (bicyclic) bond motifs is 5. The van der Waals surface area contributed by atoms with Crippen LogP contribution in [0.4, 0.5) is 0 Å². The summed E-state index contributed by atoms with van der Waals surface area (Å²) in [5.41, 5.74) is 3.82. The highest BCUT2D eigenvalue weighted by Gasteiger charge is 2.51. The minimum atomic E-state index is -0.386. The van der Waals surface area contributed by atoms with E-state index in [9.17, 15) is 0 Å². The van der Waals surface area contributed by atoms with E-state index >= 15 is 0 Å². The maximum absolute atomic E-state index is 6.36. The van der Waals surface area contributed by atoms with Gasteiger partial charge in [0.1, 0.15) is 0 Å². The Kier molecular flexibility index (Phi) is 4.11. The lowest BCUT2D eigenvalue weighted by Gasteiger charge is -2.32. The van der Waals surface area contributed by atoms with Gasteiger partial charge in [0.15, 0.2) is 0 Å². The molecule has 0 spiro atoms. The molecule has 0 saturated carbocycles. The Balaban J connectivity index is 1.66. The van der Waals surface area contributed by atoms with Crippen LogP contribution in [-0.2, 0) is 9.31 Å². The van der Waals surface area contributed by atoms with Gasteiger partial charge in [0.05, 0.1) is 22.2 Å². The van der Waals surface area contributed by atoms with Gasteiger partial charge < -0.3 is 13.9 Å². The smallest absolute Gasteiger partial charge is 0.399 e. The van der Waals surface area contributed by atoms with Crippen LogP contribution in [0, 0.1) is 0 Å². The molecule has 158 valence electrons. The van der Waals surface area contributed by atoms with Gasteiger partial charge in [0, 0.05) is 16.5 Å². The van der Waals surface area contributed by atoms with Crippen LogP contribution in [-0.4, -0.2) is 22.9 Å². The van der Waals surface area contributed by atoms with Crippen LogP contribution >= 0.6 is 0 Å². The van der Waals surface area contributed by atoms with E-state index in [-0.39, 0.29) is 18.3 Å². The van der Waals surface area contributed by atoms with Crippen LogP contribution in [0.1, 0.15) is 27.7 Å². The average Bonchev–Trinajstić information content (AvgIpc) is 3.23. The third kappa shape index (κ3) is 2.76. The molecule has 32 heavy (non-hydrogen) atoms. The van der Waals surface area contributed by atoms with Crippen LogP contribution < -0.4 is 5.46 Å². The van der Waals surface area contributed by atoms with Gasteiger partial charge in [-0.15, -0.1) is 0 Å². The number of nitrogens with zero attached hydrogens (tertiary/aromatic N) is 1. The maximum atomic E-state index is 6.36. The van der Waals surface area contributed by atoms with Crippen molar-refractivity contribution in [3.63, 3.8) is 0 Å². The summed E-state index contributed by atoms with van der Waals surface area (Å²) in [6, 6.07) is 30.2. The number of hydrogen-bond donors (Lipinski definition) is 0. The van der Waals surface area contributed by atoms with Crippen molar-refractivity contribution in [2.75, 3.05) is 0 Å². The summed E-state index contributed by atoms with van der Waals surface area (Å²) in [6.07, 6.45) is 0. The highest BCUT2D eigenvalue weighted by molar-refractivity contribution is 6.62. The zero-order valence-corrected chi connectivity index (χ0v) is 18.9. The van der Waals surface area contributed by atoms with Crippen molar-refractivity contribution in [3.05, 3.63) is 84.9 Å². The lowest BCUT2D eigenvalue weighted by molar-refractivity contribution is 0.00578. The van der Waals surface area contributed by atoms with Gasteiger partial charge >= 0.3 is 7.12 Å². The summed E-state index contributed by atoms with van der Waals surface area (Å²) in [4.78, 5) is 0. The van der Waals surface area contributed by atoms with Gasteiger partial charge in [0.2, 0.25) is 0 Å². The highest BCUT2D eigenvalue weighted by Crippen LogP contribution is 2.39. The largest absolute Gasteiger partial charge is 0.494 e. The van der Waals surface area contributed by atoms with Crippen molar-refractivity contribution in [1.82, 2.24) is 4.57 Å². The highest BCUT2D eigenvalue weighted by atomic mass is 16.7. The second-order valence-corrected chi connectivity index (χ2v) is 9.72. The minimum absolute atomic E-state index is 0.366. The van der Waals surface area contributed by atoms with E-state index in [4.69, 9.17) is 9.31 Å². The van der Waals surface area contributed by atoms with Gasteiger partial charge in [-0.3, -0.25) is 0 Å². The third-order valence-corrected chi connectivity index (χ3v) is 7.22. The van der Waals surface area contributed by atoms with Crippen molar-refractivity contribution < 1.29 is 9.31 Å². The van der Waals surface area contributed by atoms with Crippen LogP contribution in [0.15, 0.2) is 84.9 Å². The number of aromatic nitrogens is 1. The first-order valence-electron chi connectivity index (χ1n) is 11.2. The van der Waals surface area contributed by atoms with Crippen LogP contribution in [0.3, 0.4) is 0 Å². The number of rotatable bonds is 2. The molecule has 1 aromatic heterocycles. The monoisotopic (exact) mass is 419 g/mol. The molecule has 1 saturated heterocycles. The van der Waals surface area contributed by atoms with E-state index in [2.05, 4.69) is 117 Å². The molecule has 5 aromatic rings. The summed E-state index contributed by atoms with van der Waals surface area (Å²) in [5.74, 6) is 0. The quantitative estimate of drug-likeness (QED) is 0.317. The van der Waals surface area contributed by atoms with E-state index in [1.807, 2.05) is 0 Å². The first-order valence-corrected chi connectivity index (χ1v) is 11.2. The van der Waals surface area contributed by atoms with E-state index in [1.54, 1.807) is 0 Å². The van der Waals surface area contributed by atoms with Crippen molar-refractivity contribution in [2.24, 2.45) is 0 Å². The van der Waals surface area contributed by atoms with Crippen molar-refractivity contribution in [3.8, 4) is 5.69 Å². The summed E-state index contributed by atoms with van der Waals surface area (Å²) < 4.78 is 15.1. The minimum Gasteiger partial charge on any atom is -0.399 e. The molecular formula is C28H26BNO2. The molecule has 0 bridgehead atoms. The zero-order chi connectivity index (χ0) is 22.1. The molecule has 1 aliphatic rings. The summed E-state index contributed by atoms with van der Waals surface area (Å²) >= 11 is 0. The lowest BCUT2D eigenvalue weighted by Crippen LogP contribution is -2.41. The molecule has 0 N–H and O–H groups in total. The molecule has 4 heteroatoms. The maximum Gasteiger partial charge on any atom is 0.494 e. The van der Waals surface area contributed by atoms with Crippen molar-refractivity contribution in [2.45, 2.75) is 38.9 Å². The Labute approximate surface area is 188 Å². The van der Waals surface area contributed by atoms with E-state index in [1.165, 1.54) is 27.1 Å². The molecule has 0 atom stereocenters. The molecule has 4 aromatic carbocycles. The molecule has 1 fully saturated rings. The molecule has 0 unspecified atom stereocenters.